The molecule has 1 fully saturated rings. The fourth-order valence-corrected chi connectivity index (χ4v) is 3.06. The van der Waals surface area contributed by atoms with Crippen molar-refractivity contribution in [3.05, 3.63) is 23.8 Å². The third-order valence-corrected chi connectivity index (χ3v) is 4.38. The molecule has 3 rings (SSSR count). The summed E-state index contributed by atoms with van der Waals surface area (Å²) in [6.45, 7) is 3.33. The first-order valence-corrected chi connectivity index (χ1v) is 8.29. The molecule has 3 N–H and O–H groups in total. The van der Waals surface area contributed by atoms with E-state index >= 15 is 0 Å². The van der Waals surface area contributed by atoms with Crippen molar-refractivity contribution >= 4 is 11.8 Å². The first-order valence-electron chi connectivity index (χ1n) is 8.29. The van der Waals surface area contributed by atoms with Crippen molar-refractivity contribution in [2.75, 3.05) is 39.4 Å². The van der Waals surface area contributed by atoms with Crippen LogP contribution in [0, 0.1) is 5.92 Å². The molecule has 1 atom stereocenters. The Kier molecular flexibility index (Phi) is 5.20. The van der Waals surface area contributed by atoms with Crippen molar-refractivity contribution in [3.8, 4) is 11.5 Å². The number of nitrogens with one attached hydrogen (secondary N) is 1. The van der Waals surface area contributed by atoms with Crippen LogP contribution in [0.4, 0.5) is 0 Å². The Balaban J connectivity index is 1.40. The topological polar surface area (TPSA) is 93.9 Å². The minimum atomic E-state index is -0.281. The molecule has 2 aliphatic rings. The Morgan fingerprint density at radius 1 is 1.25 bits per heavy atom. The predicted octanol–water partition coefficient (Wildman–Crippen LogP) is -0.0763. The van der Waals surface area contributed by atoms with Crippen LogP contribution < -0.4 is 20.5 Å². The zero-order valence-electron chi connectivity index (χ0n) is 13.6. The van der Waals surface area contributed by atoms with Gasteiger partial charge < -0.3 is 20.5 Å². The lowest BCUT2D eigenvalue weighted by atomic mass is 10.1. The Labute approximate surface area is 141 Å². The first kappa shape index (κ1) is 16.6. The van der Waals surface area contributed by atoms with E-state index in [4.69, 9.17) is 15.2 Å². The van der Waals surface area contributed by atoms with E-state index in [2.05, 4.69) is 5.32 Å². The summed E-state index contributed by atoms with van der Waals surface area (Å²) in [4.78, 5) is 25.1. The fraction of sp³-hybridized carbons (Fsp3) is 0.529. The highest BCUT2D eigenvalue weighted by Gasteiger charge is 2.27. The van der Waals surface area contributed by atoms with Crippen LogP contribution in [0.1, 0.15) is 12.0 Å². The number of ether oxygens (including phenoxy) is 2. The van der Waals surface area contributed by atoms with Gasteiger partial charge in [0.2, 0.25) is 11.8 Å². The molecule has 0 radical (unpaired) electrons. The molecule has 130 valence electrons. The summed E-state index contributed by atoms with van der Waals surface area (Å²) in [6.07, 6.45) is 1.46. The molecule has 0 aromatic heterocycles. The zero-order chi connectivity index (χ0) is 16.9. The normalized spacial score (nSPS) is 19.9. The van der Waals surface area contributed by atoms with E-state index < -0.39 is 0 Å². The van der Waals surface area contributed by atoms with E-state index in [-0.39, 0.29) is 17.7 Å². The smallest absolute Gasteiger partial charge is 0.234 e. The Morgan fingerprint density at radius 2 is 2.04 bits per heavy atom. The first-order chi connectivity index (χ1) is 11.6. The maximum absolute atomic E-state index is 12.0. The molecule has 1 unspecified atom stereocenters. The number of rotatable bonds is 6. The van der Waals surface area contributed by atoms with Gasteiger partial charge in [-0.3, -0.25) is 14.5 Å². The molecule has 0 spiro atoms. The second kappa shape index (κ2) is 7.53. The monoisotopic (exact) mass is 333 g/mol. The number of hydrogen-bond acceptors (Lipinski definition) is 5. The van der Waals surface area contributed by atoms with E-state index in [0.717, 1.165) is 36.4 Å². The van der Waals surface area contributed by atoms with Crippen LogP contribution in [-0.2, 0) is 16.0 Å². The standard InChI is InChI=1S/C17H23N3O4/c18-17(22)13-4-6-20(10-13)11-16(21)19-5-3-12-1-2-14-15(9-12)24-8-7-23-14/h1-2,9,13H,3-8,10-11H2,(H2,18,22)(H,19,21). The average Bonchev–Trinajstić information content (AvgIpc) is 3.03. The van der Waals surface area contributed by atoms with Crippen molar-refractivity contribution in [1.29, 1.82) is 0 Å². The van der Waals surface area contributed by atoms with Gasteiger partial charge in [-0.1, -0.05) is 6.07 Å². The van der Waals surface area contributed by atoms with E-state index in [1.807, 2.05) is 23.1 Å². The van der Waals surface area contributed by atoms with Gasteiger partial charge in [0.1, 0.15) is 13.2 Å². The molecule has 1 saturated heterocycles. The number of carbonyl (C=O) groups excluding carboxylic acids is 2. The third-order valence-electron chi connectivity index (χ3n) is 4.38. The van der Waals surface area contributed by atoms with Crippen molar-refractivity contribution in [2.24, 2.45) is 11.7 Å². The summed E-state index contributed by atoms with van der Waals surface area (Å²) < 4.78 is 11.0. The van der Waals surface area contributed by atoms with Gasteiger partial charge in [-0.05, 0) is 37.1 Å². The fourth-order valence-electron chi connectivity index (χ4n) is 3.06. The molecule has 2 heterocycles. The number of benzene rings is 1. The van der Waals surface area contributed by atoms with Crippen molar-refractivity contribution < 1.29 is 19.1 Å². The molecule has 1 aromatic rings. The second-order valence-electron chi connectivity index (χ2n) is 6.20. The molecule has 0 saturated carbocycles. The van der Waals surface area contributed by atoms with Gasteiger partial charge in [-0.2, -0.15) is 0 Å². The molecule has 2 aliphatic heterocycles. The highest BCUT2D eigenvalue weighted by Crippen LogP contribution is 2.30. The molecule has 7 nitrogen and oxygen atoms in total. The number of hydrogen-bond donors (Lipinski definition) is 2. The summed E-state index contributed by atoms with van der Waals surface area (Å²) in [5.41, 5.74) is 6.39. The largest absolute Gasteiger partial charge is 0.486 e. The second-order valence-corrected chi connectivity index (χ2v) is 6.20. The minimum Gasteiger partial charge on any atom is -0.486 e. The van der Waals surface area contributed by atoms with E-state index in [9.17, 15) is 9.59 Å². The highest BCUT2D eigenvalue weighted by molar-refractivity contribution is 5.79. The zero-order valence-corrected chi connectivity index (χ0v) is 13.6. The summed E-state index contributed by atoms with van der Waals surface area (Å²) in [5.74, 6) is 1.09. The van der Waals surface area contributed by atoms with E-state index in [1.54, 1.807) is 0 Å². The lowest BCUT2D eigenvalue weighted by Crippen LogP contribution is -2.37. The van der Waals surface area contributed by atoms with Crippen LogP contribution in [0.5, 0.6) is 11.5 Å². The molecule has 1 aromatic carbocycles. The van der Waals surface area contributed by atoms with Crippen LogP contribution in [0.3, 0.4) is 0 Å². The van der Waals surface area contributed by atoms with Crippen LogP contribution in [0.25, 0.3) is 0 Å². The maximum atomic E-state index is 12.0. The SMILES string of the molecule is NC(=O)C1CCN(CC(=O)NCCc2ccc3c(c2)OCCO3)C1. The highest BCUT2D eigenvalue weighted by atomic mass is 16.6. The molecule has 0 aliphatic carbocycles. The molecular formula is C17H23N3O4. The van der Waals surface area contributed by atoms with Crippen molar-refractivity contribution in [2.45, 2.75) is 12.8 Å². The van der Waals surface area contributed by atoms with E-state index in [1.165, 1.54) is 0 Å². The molecule has 0 bridgehead atoms. The van der Waals surface area contributed by atoms with Crippen molar-refractivity contribution in [1.82, 2.24) is 10.2 Å². The van der Waals surface area contributed by atoms with Crippen molar-refractivity contribution in [3.63, 3.8) is 0 Å². The van der Waals surface area contributed by atoms with Gasteiger partial charge in [0.05, 0.1) is 12.5 Å². The number of primary amides is 1. The number of likely N-dealkylation sites (tertiary alicyclic amines) is 1. The number of carbonyl (C=O) groups is 2. The van der Waals surface area contributed by atoms with Gasteiger partial charge in [0.25, 0.3) is 0 Å². The lowest BCUT2D eigenvalue weighted by Gasteiger charge is -2.19. The molecule has 2 amide bonds. The van der Waals surface area contributed by atoms with Gasteiger partial charge in [-0.25, -0.2) is 0 Å². The molecule has 24 heavy (non-hydrogen) atoms. The molecular weight excluding hydrogens is 310 g/mol. The number of fused-ring (bicyclic) bond motifs is 1. The quantitative estimate of drug-likeness (QED) is 0.760. The van der Waals surface area contributed by atoms with Crippen LogP contribution >= 0.6 is 0 Å². The summed E-state index contributed by atoms with van der Waals surface area (Å²) in [6, 6.07) is 5.84. The Morgan fingerprint density at radius 3 is 2.79 bits per heavy atom. The maximum Gasteiger partial charge on any atom is 0.234 e. The lowest BCUT2D eigenvalue weighted by molar-refractivity contribution is -0.123. The summed E-state index contributed by atoms with van der Waals surface area (Å²) >= 11 is 0. The van der Waals surface area contributed by atoms with Gasteiger partial charge in [0, 0.05) is 13.1 Å². The predicted molar refractivity (Wildman–Crippen MR) is 87.9 cm³/mol. The third kappa shape index (κ3) is 4.17. The number of nitrogens with two attached hydrogens (primary N) is 1. The van der Waals surface area contributed by atoms with Gasteiger partial charge in [0.15, 0.2) is 11.5 Å². The van der Waals surface area contributed by atoms with Crippen LogP contribution in [0.2, 0.25) is 0 Å². The minimum absolute atomic E-state index is 0.0299. The number of amides is 2. The summed E-state index contributed by atoms with van der Waals surface area (Å²) in [7, 11) is 0. The van der Waals surface area contributed by atoms with Crippen LogP contribution in [-0.4, -0.2) is 56.1 Å². The average molecular weight is 333 g/mol. The molecule has 7 heteroatoms. The Hall–Kier alpha value is -2.28. The summed E-state index contributed by atoms with van der Waals surface area (Å²) in [5, 5.41) is 2.91. The Bertz CT molecular complexity index is 620. The van der Waals surface area contributed by atoms with Gasteiger partial charge >= 0.3 is 0 Å². The van der Waals surface area contributed by atoms with Gasteiger partial charge in [-0.15, -0.1) is 0 Å². The van der Waals surface area contributed by atoms with E-state index in [0.29, 0.717) is 32.8 Å². The number of nitrogens with zero attached hydrogens (tertiary/aromatic N) is 1. The van der Waals surface area contributed by atoms with Crippen LogP contribution in [0.15, 0.2) is 18.2 Å².